The molecule has 0 unspecified atom stereocenters. The second-order valence-corrected chi connectivity index (χ2v) is 4.12. The average Bonchev–Trinajstić information content (AvgIpc) is 3.00. The Hall–Kier alpha value is -1.98. The summed E-state index contributed by atoms with van der Waals surface area (Å²) in [5.74, 6) is -1.32. The molecule has 1 fully saturated rings. The van der Waals surface area contributed by atoms with E-state index >= 15 is 0 Å². The topological polar surface area (TPSA) is 72.2 Å². The Balaban J connectivity index is 2.34. The standard InChI is InChI=1S/C11H11FN2O3/c1-6-4-9(12)8(5-10(6)14(16)17)11(15)13-7-2-3-7/h4-5,7H,2-3H2,1H3,(H,13,15). The van der Waals surface area contributed by atoms with Crippen molar-refractivity contribution < 1.29 is 14.1 Å². The Bertz CT molecular complexity index is 498. The number of carbonyl (C=O) groups is 1. The van der Waals surface area contributed by atoms with Crippen LogP contribution in [0.4, 0.5) is 10.1 Å². The van der Waals surface area contributed by atoms with E-state index in [0.717, 1.165) is 25.0 Å². The first-order valence-electron chi connectivity index (χ1n) is 5.24. The first-order chi connectivity index (χ1) is 7.99. The van der Waals surface area contributed by atoms with Crippen molar-refractivity contribution in [3.05, 3.63) is 39.2 Å². The lowest BCUT2D eigenvalue weighted by Gasteiger charge is -2.05. The van der Waals surface area contributed by atoms with Crippen LogP contribution in [0.25, 0.3) is 0 Å². The third kappa shape index (κ3) is 2.41. The Morgan fingerprint density at radius 3 is 2.71 bits per heavy atom. The Morgan fingerprint density at radius 2 is 2.18 bits per heavy atom. The zero-order valence-corrected chi connectivity index (χ0v) is 9.20. The van der Waals surface area contributed by atoms with E-state index < -0.39 is 16.6 Å². The lowest BCUT2D eigenvalue weighted by atomic mass is 10.1. The number of rotatable bonds is 3. The number of aryl methyl sites for hydroxylation is 1. The van der Waals surface area contributed by atoms with Gasteiger partial charge in [-0.05, 0) is 25.8 Å². The summed E-state index contributed by atoms with van der Waals surface area (Å²) in [5, 5.41) is 13.3. The maximum atomic E-state index is 13.5. The van der Waals surface area contributed by atoms with Crippen molar-refractivity contribution in [3.63, 3.8) is 0 Å². The maximum absolute atomic E-state index is 13.5. The van der Waals surface area contributed by atoms with Gasteiger partial charge in [0.1, 0.15) is 5.82 Å². The van der Waals surface area contributed by atoms with Crippen molar-refractivity contribution in [1.29, 1.82) is 0 Å². The zero-order valence-electron chi connectivity index (χ0n) is 9.20. The number of benzene rings is 1. The van der Waals surface area contributed by atoms with Crippen LogP contribution in [0.2, 0.25) is 0 Å². The van der Waals surface area contributed by atoms with E-state index in [2.05, 4.69) is 5.32 Å². The van der Waals surface area contributed by atoms with Crippen molar-refractivity contribution in [1.82, 2.24) is 5.32 Å². The summed E-state index contributed by atoms with van der Waals surface area (Å²) in [5.41, 5.74) is -0.308. The fraction of sp³-hybridized carbons (Fsp3) is 0.364. The van der Waals surface area contributed by atoms with Crippen LogP contribution in [0.1, 0.15) is 28.8 Å². The summed E-state index contributed by atoms with van der Waals surface area (Å²) in [7, 11) is 0. The van der Waals surface area contributed by atoms with Crippen LogP contribution in [-0.4, -0.2) is 16.9 Å². The predicted molar refractivity (Wildman–Crippen MR) is 58.3 cm³/mol. The molecular weight excluding hydrogens is 227 g/mol. The maximum Gasteiger partial charge on any atom is 0.273 e. The molecule has 1 saturated carbocycles. The van der Waals surface area contributed by atoms with Gasteiger partial charge >= 0.3 is 0 Å². The van der Waals surface area contributed by atoms with Gasteiger partial charge in [0.2, 0.25) is 0 Å². The van der Waals surface area contributed by atoms with Gasteiger partial charge in [-0.1, -0.05) is 0 Å². The molecule has 1 aromatic rings. The van der Waals surface area contributed by atoms with Gasteiger partial charge in [0.25, 0.3) is 11.6 Å². The van der Waals surface area contributed by atoms with Crippen molar-refractivity contribution >= 4 is 11.6 Å². The molecule has 0 aliphatic heterocycles. The second kappa shape index (κ2) is 4.12. The molecule has 1 aliphatic rings. The molecule has 0 atom stereocenters. The van der Waals surface area contributed by atoms with Crippen molar-refractivity contribution in [2.45, 2.75) is 25.8 Å². The first-order valence-corrected chi connectivity index (χ1v) is 5.24. The number of hydrogen-bond acceptors (Lipinski definition) is 3. The van der Waals surface area contributed by atoms with E-state index in [9.17, 15) is 19.3 Å². The van der Waals surface area contributed by atoms with Crippen LogP contribution < -0.4 is 5.32 Å². The number of nitrogens with zero attached hydrogens (tertiary/aromatic N) is 1. The summed E-state index contributed by atoms with van der Waals surface area (Å²) in [6.07, 6.45) is 1.75. The summed E-state index contributed by atoms with van der Waals surface area (Å²) in [4.78, 5) is 21.7. The number of halogens is 1. The van der Waals surface area contributed by atoms with E-state index in [0.29, 0.717) is 0 Å². The molecule has 0 heterocycles. The fourth-order valence-electron chi connectivity index (χ4n) is 1.52. The van der Waals surface area contributed by atoms with Crippen LogP contribution in [-0.2, 0) is 0 Å². The van der Waals surface area contributed by atoms with Gasteiger partial charge in [-0.15, -0.1) is 0 Å². The zero-order chi connectivity index (χ0) is 12.6. The predicted octanol–water partition coefficient (Wildman–Crippen LogP) is 1.93. The van der Waals surface area contributed by atoms with E-state index in [1.54, 1.807) is 0 Å². The minimum Gasteiger partial charge on any atom is -0.349 e. The highest BCUT2D eigenvalue weighted by Crippen LogP contribution is 2.24. The van der Waals surface area contributed by atoms with Gasteiger partial charge in [-0.2, -0.15) is 0 Å². The molecule has 17 heavy (non-hydrogen) atoms. The highest BCUT2D eigenvalue weighted by atomic mass is 19.1. The molecule has 6 heteroatoms. The third-order valence-corrected chi connectivity index (χ3v) is 2.64. The Kier molecular flexibility index (Phi) is 2.79. The molecular formula is C11H11FN2O3. The molecule has 0 radical (unpaired) electrons. The van der Waals surface area contributed by atoms with Crippen LogP contribution in [0.3, 0.4) is 0 Å². The number of nitro benzene ring substituents is 1. The fourth-order valence-corrected chi connectivity index (χ4v) is 1.52. The van der Waals surface area contributed by atoms with Gasteiger partial charge in [0.15, 0.2) is 0 Å². The summed E-state index contributed by atoms with van der Waals surface area (Å²) in [6.45, 7) is 1.43. The van der Waals surface area contributed by atoms with Gasteiger partial charge in [-0.25, -0.2) is 4.39 Å². The van der Waals surface area contributed by atoms with Crippen LogP contribution in [0.15, 0.2) is 12.1 Å². The molecule has 0 aromatic heterocycles. The normalized spacial score (nSPS) is 14.5. The summed E-state index contributed by atoms with van der Waals surface area (Å²) >= 11 is 0. The Labute approximate surface area is 96.8 Å². The molecule has 1 aliphatic carbocycles. The van der Waals surface area contributed by atoms with Gasteiger partial charge in [-0.3, -0.25) is 14.9 Å². The monoisotopic (exact) mass is 238 g/mol. The number of nitro groups is 1. The molecule has 1 aromatic carbocycles. The minimum atomic E-state index is -0.730. The molecule has 1 amide bonds. The van der Waals surface area contributed by atoms with Gasteiger partial charge in [0.05, 0.1) is 10.5 Å². The molecule has 0 spiro atoms. The number of carbonyl (C=O) groups excluding carboxylic acids is 1. The molecule has 0 bridgehead atoms. The molecule has 1 N–H and O–H groups in total. The smallest absolute Gasteiger partial charge is 0.273 e. The van der Waals surface area contributed by atoms with Crippen molar-refractivity contribution in [2.75, 3.05) is 0 Å². The SMILES string of the molecule is Cc1cc(F)c(C(=O)NC2CC2)cc1[N+](=O)[O-]. The van der Waals surface area contributed by atoms with E-state index in [-0.39, 0.29) is 22.9 Å². The molecule has 0 saturated heterocycles. The molecule has 90 valence electrons. The number of amides is 1. The van der Waals surface area contributed by atoms with Crippen LogP contribution in [0.5, 0.6) is 0 Å². The summed E-state index contributed by atoms with van der Waals surface area (Å²) < 4.78 is 13.5. The van der Waals surface area contributed by atoms with E-state index in [1.807, 2.05) is 0 Å². The third-order valence-electron chi connectivity index (χ3n) is 2.64. The van der Waals surface area contributed by atoms with Gasteiger partial charge in [0, 0.05) is 17.7 Å². The first kappa shape index (κ1) is 11.5. The van der Waals surface area contributed by atoms with Gasteiger partial charge < -0.3 is 5.32 Å². The minimum absolute atomic E-state index is 0.0854. The Morgan fingerprint density at radius 1 is 1.53 bits per heavy atom. The highest BCUT2D eigenvalue weighted by molar-refractivity contribution is 5.95. The van der Waals surface area contributed by atoms with Crippen molar-refractivity contribution in [2.24, 2.45) is 0 Å². The lowest BCUT2D eigenvalue weighted by molar-refractivity contribution is -0.385. The second-order valence-electron chi connectivity index (χ2n) is 4.12. The van der Waals surface area contributed by atoms with Crippen molar-refractivity contribution in [3.8, 4) is 0 Å². The quantitative estimate of drug-likeness (QED) is 0.646. The largest absolute Gasteiger partial charge is 0.349 e. The molecule has 5 nitrogen and oxygen atoms in total. The molecule has 2 rings (SSSR count). The highest BCUT2D eigenvalue weighted by Gasteiger charge is 2.26. The van der Waals surface area contributed by atoms with Crippen LogP contribution >= 0.6 is 0 Å². The van der Waals surface area contributed by atoms with Crippen LogP contribution in [0, 0.1) is 22.9 Å². The lowest BCUT2D eigenvalue weighted by Crippen LogP contribution is -2.26. The van der Waals surface area contributed by atoms with E-state index in [4.69, 9.17) is 0 Å². The van der Waals surface area contributed by atoms with E-state index in [1.165, 1.54) is 6.92 Å². The number of hydrogen-bond donors (Lipinski definition) is 1. The summed E-state index contributed by atoms with van der Waals surface area (Å²) in [6, 6.07) is 2.09. The average molecular weight is 238 g/mol. The number of nitrogens with one attached hydrogen (secondary N) is 1.